The van der Waals surface area contributed by atoms with Gasteiger partial charge >= 0.3 is 0 Å². The van der Waals surface area contributed by atoms with E-state index in [0.717, 1.165) is 16.4 Å². The third kappa shape index (κ3) is 3.25. The van der Waals surface area contributed by atoms with Gasteiger partial charge in [0.1, 0.15) is 22.8 Å². The highest BCUT2D eigenvalue weighted by atomic mass is 31.2. The number of fused-ring (bicyclic) bond motifs is 1. The number of hydrogen-bond acceptors (Lipinski definition) is 5. The van der Waals surface area contributed by atoms with Crippen LogP contribution in [0.5, 0.6) is 17.2 Å². The monoisotopic (exact) mass is 418 g/mol. The second-order valence-corrected chi connectivity index (χ2v) is 12.4. The molecule has 0 fully saturated rings. The molecule has 29 heavy (non-hydrogen) atoms. The summed E-state index contributed by atoms with van der Waals surface area (Å²) in [5, 5.41) is 0.190. The van der Waals surface area contributed by atoms with Gasteiger partial charge in [0, 0.05) is 17.8 Å². The van der Waals surface area contributed by atoms with Crippen LogP contribution in [0.15, 0.2) is 36.4 Å². The Labute approximate surface area is 173 Å². The second-order valence-electron chi connectivity index (χ2n) is 8.80. The van der Waals surface area contributed by atoms with Crippen LogP contribution in [0.1, 0.15) is 34.6 Å². The summed E-state index contributed by atoms with van der Waals surface area (Å²) in [7, 11) is 1.76. The third-order valence-electron chi connectivity index (χ3n) is 5.71. The number of hydrogen-bond donors (Lipinski definition) is 0. The van der Waals surface area contributed by atoms with Crippen molar-refractivity contribution in [2.75, 3.05) is 21.3 Å². The van der Waals surface area contributed by atoms with Gasteiger partial charge in [0.2, 0.25) is 0 Å². The molecule has 2 unspecified atom stereocenters. The SMILES string of the molecule is COc1cccc(OC)c1-c1cccc2c1P(=O)(C(C)(C)C)C(C(C)(C)OC)O2. The standard InChI is InChI=1S/C23H31O5P/c1-22(2,3)29(24)20-15(19-16(25-6)12-10-13-17(19)26-7)11-9-14-18(20)28-21(29)23(4,5)27-8/h9-14,21H,1-8H3. The molecular weight excluding hydrogens is 387 g/mol. The van der Waals surface area contributed by atoms with Crippen LogP contribution < -0.4 is 19.5 Å². The van der Waals surface area contributed by atoms with Crippen LogP contribution in [0.4, 0.5) is 0 Å². The molecule has 0 saturated heterocycles. The molecule has 6 heteroatoms. The average molecular weight is 418 g/mol. The minimum atomic E-state index is -3.11. The van der Waals surface area contributed by atoms with Crippen LogP contribution in [0.25, 0.3) is 11.1 Å². The predicted molar refractivity (Wildman–Crippen MR) is 117 cm³/mol. The number of benzene rings is 2. The molecule has 0 spiro atoms. The van der Waals surface area contributed by atoms with Gasteiger partial charge in [-0.2, -0.15) is 0 Å². The van der Waals surface area contributed by atoms with E-state index >= 15 is 0 Å². The first-order valence-electron chi connectivity index (χ1n) is 9.69. The summed E-state index contributed by atoms with van der Waals surface area (Å²) in [4.78, 5) is 0. The maximum Gasteiger partial charge on any atom is 0.184 e. The molecule has 1 aliphatic heterocycles. The first-order valence-corrected chi connectivity index (χ1v) is 11.5. The van der Waals surface area contributed by atoms with Gasteiger partial charge in [-0.1, -0.05) is 39.0 Å². The van der Waals surface area contributed by atoms with Gasteiger partial charge in [0.15, 0.2) is 13.0 Å². The van der Waals surface area contributed by atoms with Crippen molar-refractivity contribution in [3.63, 3.8) is 0 Å². The van der Waals surface area contributed by atoms with Crippen molar-refractivity contribution in [1.29, 1.82) is 0 Å². The van der Waals surface area contributed by atoms with E-state index in [2.05, 4.69) is 0 Å². The first-order chi connectivity index (χ1) is 13.5. The van der Waals surface area contributed by atoms with E-state index in [4.69, 9.17) is 18.9 Å². The van der Waals surface area contributed by atoms with E-state index in [-0.39, 0.29) is 0 Å². The highest BCUT2D eigenvalue weighted by Gasteiger charge is 2.59. The molecule has 0 amide bonds. The van der Waals surface area contributed by atoms with Crippen LogP contribution in [0.3, 0.4) is 0 Å². The van der Waals surface area contributed by atoms with Gasteiger partial charge in [-0.15, -0.1) is 0 Å². The molecule has 2 aromatic carbocycles. The predicted octanol–water partition coefficient (Wildman–Crippen LogP) is 5.30. The zero-order valence-corrected chi connectivity index (χ0v) is 19.4. The van der Waals surface area contributed by atoms with E-state index < -0.39 is 23.7 Å². The van der Waals surface area contributed by atoms with E-state index in [1.807, 2.05) is 71.0 Å². The molecule has 0 radical (unpaired) electrons. The molecule has 2 aromatic rings. The smallest absolute Gasteiger partial charge is 0.184 e. The number of methoxy groups -OCH3 is 3. The van der Waals surface area contributed by atoms with Gasteiger partial charge in [-0.3, -0.25) is 0 Å². The highest BCUT2D eigenvalue weighted by molar-refractivity contribution is 7.74. The molecule has 3 rings (SSSR count). The largest absolute Gasteiger partial charge is 0.496 e. The lowest BCUT2D eigenvalue weighted by molar-refractivity contribution is -0.0315. The summed E-state index contributed by atoms with van der Waals surface area (Å²) < 4.78 is 38.2. The van der Waals surface area contributed by atoms with Crippen LogP contribution in [-0.2, 0) is 9.30 Å². The summed E-state index contributed by atoms with van der Waals surface area (Å²) in [6.45, 7) is 9.85. The van der Waals surface area contributed by atoms with Crippen molar-refractivity contribution in [2.45, 2.75) is 51.2 Å². The Morgan fingerprint density at radius 1 is 0.897 bits per heavy atom. The van der Waals surface area contributed by atoms with Crippen LogP contribution in [0, 0.1) is 0 Å². The molecule has 1 heterocycles. The van der Waals surface area contributed by atoms with Crippen molar-refractivity contribution < 1.29 is 23.5 Å². The van der Waals surface area contributed by atoms with Gasteiger partial charge in [-0.05, 0) is 32.0 Å². The first kappa shape index (κ1) is 21.7. The number of rotatable bonds is 5. The topological polar surface area (TPSA) is 54.0 Å². The van der Waals surface area contributed by atoms with Crippen LogP contribution >= 0.6 is 7.14 Å². The Kier molecular flexibility index (Phi) is 5.53. The number of ether oxygens (including phenoxy) is 4. The summed E-state index contributed by atoms with van der Waals surface area (Å²) >= 11 is 0. The Bertz CT molecular complexity index is 936. The summed E-state index contributed by atoms with van der Waals surface area (Å²) in [5.74, 6) is 1.35. The van der Waals surface area contributed by atoms with Crippen molar-refractivity contribution in [1.82, 2.24) is 0 Å². The zero-order valence-electron chi connectivity index (χ0n) is 18.5. The Morgan fingerprint density at radius 2 is 1.45 bits per heavy atom. The van der Waals surface area contributed by atoms with Gasteiger partial charge < -0.3 is 23.5 Å². The molecule has 0 bridgehead atoms. The maximum absolute atomic E-state index is 14.9. The Balaban J connectivity index is 2.39. The third-order valence-corrected chi connectivity index (χ3v) is 10.2. The molecule has 0 aliphatic carbocycles. The summed E-state index contributed by atoms with van der Waals surface area (Å²) in [6, 6.07) is 11.4. The quantitative estimate of drug-likeness (QED) is 0.617. The highest BCUT2D eigenvalue weighted by Crippen LogP contribution is 2.69. The Morgan fingerprint density at radius 3 is 1.93 bits per heavy atom. The van der Waals surface area contributed by atoms with E-state index in [1.54, 1.807) is 21.3 Å². The van der Waals surface area contributed by atoms with Crippen LogP contribution in [0.2, 0.25) is 0 Å². The van der Waals surface area contributed by atoms with E-state index in [1.165, 1.54) is 0 Å². The van der Waals surface area contributed by atoms with Gasteiger partial charge in [0.25, 0.3) is 0 Å². The van der Waals surface area contributed by atoms with E-state index in [0.29, 0.717) is 17.2 Å². The second kappa shape index (κ2) is 7.37. The van der Waals surface area contributed by atoms with Crippen molar-refractivity contribution in [2.24, 2.45) is 0 Å². The fourth-order valence-corrected chi connectivity index (χ4v) is 7.81. The Hall–Kier alpha value is -1.97. The lowest BCUT2D eigenvalue weighted by Crippen LogP contribution is -2.44. The molecule has 1 aliphatic rings. The van der Waals surface area contributed by atoms with Crippen LogP contribution in [-0.4, -0.2) is 37.9 Å². The van der Waals surface area contributed by atoms with Crippen molar-refractivity contribution in [3.8, 4) is 28.4 Å². The molecule has 158 valence electrons. The normalized spacial score (nSPS) is 21.4. The summed E-state index contributed by atoms with van der Waals surface area (Å²) in [6.07, 6.45) is 0. The average Bonchev–Trinajstić information content (AvgIpc) is 3.02. The molecular formula is C23H31O5P. The molecule has 5 nitrogen and oxygen atoms in total. The van der Waals surface area contributed by atoms with Gasteiger partial charge in [0.05, 0.1) is 25.1 Å². The molecule has 0 aromatic heterocycles. The van der Waals surface area contributed by atoms with E-state index in [9.17, 15) is 4.57 Å². The molecule has 2 atom stereocenters. The molecule has 0 N–H and O–H groups in total. The lowest BCUT2D eigenvalue weighted by atomic mass is 10.0. The maximum atomic E-state index is 14.9. The zero-order chi connectivity index (χ0) is 21.6. The summed E-state index contributed by atoms with van der Waals surface area (Å²) in [5.41, 5.74) is 0.854. The minimum Gasteiger partial charge on any atom is -0.496 e. The lowest BCUT2D eigenvalue weighted by Gasteiger charge is -2.39. The fraction of sp³-hybridized carbons (Fsp3) is 0.478. The van der Waals surface area contributed by atoms with Crippen molar-refractivity contribution >= 4 is 12.4 Å². The molecule has 0 saturated carbocycles. The minimum absolute atomic E-state index is 0.538. The van der Waals surface area contributed by atoms with Gasteiger partial charge in [-0.25, -0.2) is 0 Å². The van der Waals surface area contributed by atoms with Crippen molar-refractivity contribution in [3.05, 3.63) is 36.4 Å². The fourth-order valence-electron chi connectivity index (χ4n) is 3.96.